The van der Waals surface area contributed by atoms with Gasteiger partial charge in [0.05, 0.1) is 11.9 Å². The first-order valence-electron chi connectivity index (χ1n) is 8.69. The summed E-state index contributed by atoms with van der Waals surface area (Å²) in [6, 6.07) is 12.4. The van der Waals surface area contributed by atoms with Crippen molar-refractivity contribution >= 4 is 21.6 Å². The van der Waals surface area contributed by atoms with Gasteiger partial charge < -0.3 is 4.98 Å². The average Bonchev–Trinajstić information content (AvgIpc) is 3.09. The molecule has 0 unspecified atom stereocenters. The van der Waals surface area contributed by atoms with Crippen LogP contribution in [0.2, 0.25) is 0 Å². The van der Waals surface area contributed by atoms with Gasteiger partial charge in [-0.3, -0.25) is 9.69 Å². The molecule has 0 radical (unpaired) electrons. The van der Waals surface area contributed by atoms with Crippen LogP contribution in [0, 0.1) is 11.6 Å². The first-order valence-corrected chi connectivity index (χ1v) is 9.57. The van der Waals surface area contributed by atoms with Crippen LogP contribution in [0.4, 0.5) is 8.78 Å². The lowest BCUT2D eigenvalue weighted by Crippen LogP contribution is -2.21. The number of aromatic nitrogens is 2. The Morgan fingerprint density at radius 3 is 2.32 bits per heavy atom. The molecule has 2 heterocycles. The Balaban J connectivity index is 1.58. The molecule has 0 atom stereocenters. The Bertz CT molecular complexity index is 1170. The molecule has 0 aliphatic rings. The number of aromatic amines is 1. The van der Waals surface area contributed by atoms with Crippen molar-refractivity contribution in [1.29, 1.82) is 0 Å². The number of hydrogen-bond donors (Lipinski definition) is 1. The van der Waals surface area contributed by atoms with E-state index in [9.17, 15) is 13.6 Å². The fraction of sp³-hybridized carbons (Fsp3) is 0.143. The molecule has 0 saturated carbocycles. The van der Waals surface area contributed by atoms with Gasteiger partial charge in [0.1, 0.15) is 22.3 Å². The van der Waals surface area contributed by atoms with Crippen LogP contribution in [-0.2, 0) is 13.1 Å². The van der Waals surface area contributed by atoms with Gasteiger partial charge in [0, 0.05) is 17.5 Å². The van der Waals surface area contributed by atoms with Gasteiger partial charge in [0.25, 0.3) is 5.56 Å². The highest BCUT2D eigenvalue weighted by molar-refractivity contribution is 7.17. The highest BCUT2D eigenvalue weighted by atomic mass is 32.1. The van der Waals surface area contributed by atoms with E-state index in [2.05, 4.69) is 9.97 Å². The van der Waals surface area contributed by atoms with Crippen molar-refractivity contribution in [2.75, 3.05) is 7.05 Å². The fourth-order valence-corrected chi connectivity index (χ4v) is 4.09. The summed E-state index contributed by atoms with van der Waals surface area (Å²) >= 11 is 1.39. The maximum atomic E-state index is 13.2. The molecule has 1 N–H and O–H groups in total. The molecule has 142 valence electrons. The highest BCUT2D eigenvalue weighted by Crippen LogP contribution is 2.30. The number of H-pyrrole nitrogens is 1. The van der Waals surface area contributed by atoms with Gasteiger partial charge in [0.2, 0.25) is 0 Å². The van der Waals surface area contributed by atoms with Gasteiger partial charge in [0.15, 0.2) is 0 Å². The standard InChI is InChI=1S/C21H17F2N3OS/c1-26(10-13-2-6-15(22)7-3-13)11-18-24-20(27)19-17(12-28-21(19)25-18)14-4-8-16(23)9-5-14/h2-9,12H,10-11H2,1H3,(H,24,25,27). The van der Waals surface area contributed by atoms with Crippen LogP contribution >= 0.6 is 11.3 Å². The van der Waals surface area contributed by atoms with E-state index in [1.54, 1.807) is 24.3 Å². The van der Waals surface area contributed by atoms with Crippen molar-refractivity contribution in [3.63, 3.8) is 0 Å². The maximum Gasteiger partial charge on any atom is 0.260 e. The monoisotopic (exact) mass is 397 g/mol. The zero-order chi connectivity index (χ0) is 19.7. The molecule has 4 nitrogen and oxygen atoms in total. The van der Waals surface area contributed by atoms with E-state index in [0.717, 1.165) is 16.7 Å². The van der Waals surface area contributed by atoms with Gasteiger partial charge in [-0.2, -0.15) is 0 Å². The molecular formula is C21H17F2N3OS. The zero-order valence-corrected chi connectivity index (χ0v) is 15.9. The van der Waals surface area contributed by atoms with Crippen molar-refractivity contribution in [1.82, 2.24) is 14.9 Å². The summed E-state index contributed by atoms with van der Waals surface area (Å²) in [6.07, 6.45) is 0. The van der Waals surface area contributed by atoms with Crippen LogP contribution in [0.5, 0.6) is 0 Å². The normalized spacial score (nSPS) is 11.4. The van der Waals surface area contributed by atoms with Crippen LogP contribution < -0.4 is 5.56 Å². The van der Waals surface area contributed by atoms with Crippen molar-refractivity contribution in [3.05, 3.63) is 87.3 Å². The minimum atomic E-state index is -0.318. The molecule has 0 bridgehead atoms. The molecule has 0 fully saturated rings. The highest BCUT2D eigenvalue weighted by Gasteiger charge is 2.14. The third-order valence-electron chi connectivity index (χ3n) is 4.43. The van der Waals surface area contributed by atoms with Gasteiger partial charge >= 0.3 is 0 Å². The zero-order valence-electron chi connectivity index (χ0n) is 15.1. The molecule has 0 aliphatic carbocycles. The number of fused-ring (bicyclic) bond motifs is 1. The molecular weight excluding hydrogens is 380 g/mol. The van der Waals surface area contributed by atoms with E-state index in [4.69, 9.17) is 0 Å². The number of halogens is 2. The molecule has 0 amide bonds. The Labute approximate surface area is 164 Å². The second-order valence-electron chi connectivity index (χ2n) is 6.65. The van der Waals surface area contributed by atoms with Gasteiger partial charge in [-0.25, -0.2) is 13.8 Å². The smallest absolute Gasteiger partial charge is 0.260 e. The van der Waals surface area contributed by atoms with Crippen molar-refractivity contribution in [2.45, 2.75) is 13.1 Å². The van der Waals surface area contributed by atoms with Gasteiger partial charge in [-0.05, 0) is 42.4 Å². The summed E-state index contributed by atoms with van der Waals surface area (Å²) in [5.41, 5.74) is 2.29. The lowest BCUT2D eigenvalue weighted by atomic mass is 10.1. The fourth-order valence-electron chi connectivity index (χ4n) is 3.12. The quantitative estimate of drug-likeness (QED) is 0.537. The lowest BCUT2D eigenvalue weighted by molar-refractivity contribution is 0.310. The first kappa shape index (κ1) is 18.5. The van der Waals surface area contributed by atoms with E-state index in [1.165, 1.54) is 35.6 Å². The molecule has 28 heavy (non-hydrogen) atoms. The van der Waals surface area contributed by atoms with Crippen molar-refractivity contribution in [3.8, 4) is 11.1 Å². The second kappa shape index (κ2) is 7.61. The van der Waals surface area contributed by atoms with Crippen LogP contribution in [0.1, 0.15) is 11.4 Å². The molecule has 7 heteroatoms. The molecule has 0 saturated heterocycles. The topological polar surface area (TPSA) is 49.0 Å². The minimum absolute atomic E-state index is 0.212. The second-order valence-corrected chi connectivity index (χ2v) is 7.51. The summed E-state index contributed by atoms with van der Waals surface area (Å²) in [6.45, 7) is 1.06. The van der Waals surface area contributed by atoms with Crippen molar-refractivity contribution in [2.24, 2.45) is 0 Å². The number of hydrogen-bond acceptors (Lipinski definition) is 4. The van der Waals surface area contributed by atoms with E-state index >= 15 is 0 Å². The summed E-state index contributed by atoms with van der Waals surface area (Å²) in [5.74, 6) is -0.0195. The van der Waals surface area contributed by atoms with Crippen LogP contribution in [0.3, 0.4) is 0 Å². The van der Waals surface area contributed by atoms with Crippen LogP contribution in [-0.4, -0.2) is 21.9 Å². The Morgan fingerprint density at radius 2 is 1.64 bits per heavy atom. The number of thiophene rings is 1. The third-order valence-corrected chi connectivity index (χ3v) is 5.31. The number of nitrogens with one attached hydrogen (secondary N) is 1. The number of benzene rings is 2. The largest absolute Gasteiger partial charge is 0.309 e. The molecule has 4 aromatic rings. The van der Waals surface area contributed by atoms with Gasteiger partial charge in [-0.15, -0.1) is 11.3 Å². The summed E-state index contributed by atoms with van der Waals surface area (Å²) in [7, 11) is 1.91. The predicted octanol–water partition coefficient (Wildman–Crippen LogP) is 4.56. The predicted molar refractivity (Wildman–Crippen MR) is 107 cm³/mol. The van der Waals surface area contributed by atoms with Crippen molar-refractivity contribution < 1.29 is 8.78 Å². The SMILES string of the molecule is CN(Cc1ccc(F)cc1)Cc1nc2scc(-c3ccc(F)cc3)c2c(=O)[nH]1. The summed E-state index contributed by atoms with van der Waals surface area (Å²) < 4.78 is 26.2. The Kier molecular flexibility index (Phi) is 5.02. The summed E-state index contributed by atoms with van der Waals surface area (Å²) in [5, 5.41) is 2.38. The Morgan fingerprint density at radius 1 is 1.00 bits per heavy atom. The van der Waals surface area contributed by atoms with Crippen LogP contribution in [0.15, 0.2) is 58.7 Å². The minimum Gasteiger partial charge on any atom is -0.309 e. The Hall–Kier alpha value is -2.90. The van der Waals surface area contributed by atoms with Gasteiger partial charge in [-0.1, -0.05) is 24.3 Å². The molecule has 0 spiro atoms. The number of nitrogens with zero attached hydrogens (tertiary/aromatic N) is 2. The molecule has 4 rings (SSSR count). The molecule has 0 aliphatic heterocycles. The first-order chi connectivity index (χ1) is 13.5. The molecule has 2 aromatic heterocycles. The maximum absolute atomic E-state index is 13.2. The average molecular weight is 397 g/mol. The van der Waals surface area contributed by atoms with Crippen LogP contribution in [0.25, 0.3) is 21.3 Å². The third kappa shape index (κ3) is 3.85. The molecule has 2 aromatic carbocycles. The van der Waals surface area contributed by atoms with E-state index < -0.39 is 0 Å². The van der Waals surface area contributed by atoms with E-state index in [1.807, 2.05) is 17.3 Å². The van der Waals surface area contributed by atoms with E-state index in [-0.39, 0.29) is 17.2 Å². The summed E-state index contributed by atoms with van der Waals surface area (Å²) in [4.78, 5) is 22.7. The number of rotatable bonds is 5. The van der Waals surface area contributed by atoms with E-state index in [0.29, 0.717) is 29.1 Å². The lowest BCUT2D eigenvalue weighted by Gasteiger charge is -2.16.